The van der Waals surface area contributed by atoms with Crippen molar-refractivity contribution in [3.63, 3.8) is 0 Å². The van der Waals surface area contributed by atoms with E-state index in [0.29, 0.717) is 5.58 Å². The number of rotatable bonds is 1. The topological polar surface area (TPSA) is 50.4 Å². The minimum absolute atomic E-state index is 0.0327. The summed E-state index contributed by atoms with van der Waals surface area (Å²) in [6.07, 6.45) is 3.28. The zero-order valence-corrected chi connectivity index (χ0v) is 8.12. The number of benzene rings is 1. The lowest BCUT2D eigenvalue weighted by Gasteiger charge is -1.97. The Morgan fingerprint density at radius 3 is 3.00 bits per heavy atom. The molecular formula is C12H10O3. The first kappa shape index (κ1) is 8.53. The number of hydrogen-bond acceptors (Lipinski definition) is 2. The van der Waals surface area contributed by atoms with Crippen LogP contribution in [0.15, 0.2) is 22.6 Å². The third kappa shape index (κ3) is 1.16. The maximum Gasteiger partial charge on any atom is 0.371 e. The van der Waals surface area contributed by atoms with E-state index in [9.17, 15) is 4.79 Å². The predicted molar refractivity (Wildman–Crippen MR) is 55.2 cm³/mol. The number of carboxylic acid groups (broad SMARTS) is 1. The van der Waals surface area contributed by atoms with Crippen LogP contribution in [0.4, 0.5) is 0 Å². The van der Waals surface area contributed by atoms with Crippen LogP contribution in [-0.4, -0.2) is 11.1 Å². The minimum Gasteiger partial charge on any atom is -0.475 e. The molecule has 0 saturated heterocycles. The summed E-state index contributed by atoms with van der Waals surface area (Å²) in [6, 6.07) is 5.55. The average Bonchev–Trinajstić information content (AvgIpc) is 2.82. The van der Waals surface area contributed by atoms with Crippen LogP contribution in [0, 0.1) is 0 Å². The largest absolute Gasteiger partial charge is 0.475 e. The van der Waals surface area contributed by atoms with Gasteiger partial charge in [-0.2, -0.15) is 0 Å². The molecule has 0 bridgehead atoms. The molecule has 0 aliphatic heterocycles. The molecule has 1 aromatic carbocycles. The molecule has 1 aromatic heterocycles. The van der Waals surface area contributed by atoms with E-state index in [-0.39, 0.29) is 5.76 Å². The lowest BCUT2D eigenvalue weighted by atomic mass is 10.1. The van der Waals surface area contributed by atoms with Gasteiger partial charge in [-0.1, -0.05) is 6.07 Å². The van der Waals surface area contributed by atoms with Crippen molar-refractivity contribution < 1.29 is 14.3 Å². The summed E-state index contributed by atoms with van der Waals surface area (Å²) in [5.41, 5.74) is 3.29. The Morgan fingerprint density at radius 2 is 2.20 bits per heavy atom. The van der Waals surface area contributed by atoms with Crippen molar-refractivity contribution in [2.75, 3.05) is 0 Å². The first-order valence-corrected chi connectivity index (χ1v) is 5.03. The third-order valence-corrected chi connectivity index (χ3v) is 2.99. The van der Waals surface area contributed by atoms with E-state index in [2.05, 4.69) is 0 Å². The molecule has 2 aromatic rings. The van der Waals surface area contributed by atoms with Crippen molar-refractivity contribution in [2.24, 2.45) is 0 Å². The first-order chi connectivity index (χ1) is 7.25. The molecule has 1 heterocycles. The van der Waals surface area contributed by atoms with Crippen LogP contribution in [-0.2, 0) is 12.8 Å². The standard InChI is InChI=1S/C12H10O3/c13-12(14)11-6-9-8-3-1-2-7(8)4-5-10(9)15-11/h4-6H,1-3H2,(H,13,14). The fourth-order valence-corrected chi connectivity index (χ4v) is 2.31. The van der Waals surface area contributed by atoms with Crippen molar-refractivity contribution in [3.8, 4) is 0 Å². The van der Waals surface area contributed by atoms with E-state index in [1.807, 2.05) is 12.1 Å². The zero-order chi connectivity index (χ0) is 10.4. The van der Waals surface area contributed by atoms with Gasteiger partial charge in [0.15, 0.2) is 0 Å². The summed E-state index contributed by atoms with van der Waals surface area (Å²) in [6.45, 7) is 0. The van der Waals surface area contributed by atoms with Gasteiger partial charge in [-0.05, 0) is 42.5 Å². The molecule has 0 amide bonds. The SMILES string of the molecule is O=C(O)c1cc2c3c(ccc2o1)CCC3. The summed E-state index contributed by atoms with van der Waals surface area (Å²) in [4.78, 5) is 10.8. The van der Waals surface area contributed by atoms with Crippen molar-refractivity contribution in [1.82, 2.24) is 0 Å². The van der Waals surface area contributed by atoms with E-state index in [4.69, 9.17) is 9.52 Å². The van der Waals surface area contributed by atoms with E-state index in [1.165, 1.54) is 11.1 Å². The van der Waals surface area contributed by atoms with Crippen LogP contribution in [0.25, 0.3) is 11.0 Å². The molecule has 0 radical (unpaired) electrons. The molecule has 3 rings (SSSR count). The highest BCUT2D eigenvalue weighted by Crippen LogP contribution is 2.31. The average molecular weight is 202 g/mol. The highest BCUT2D eigenvalue weighted by molar-refractivity contribution is 5.93. The Bertz CT molecular complexity index is 551. The number of carbonyl (C=O) groups is 1. The van der Waals surface area contributed by atoms with Crippen LogP contribution < -0.4 is 0 Å². The molecule has 3 nitrogen and oxygen atoms in total. The fraction of sp³-hybridized carbons (Fsp3) is 0.250. The quantitative estimate of drug-likeness (QED) is 0.773. The summed E-state index contributed by atoms with van der Waals surface area (Å²) in [5.74, 6) is -0.969. The van der Waals surface area contributed by atoms with Gasteiger partial charge in [0.1, 0.15) is 5.58 Å². The van der Waals surface area contributed by atoms with Crippen LogP contribution in [0.1, 0.15) is 28.1 Å². The predicted octanol–water partition coefficient (Wildman–Crippen LogP) is 2.62. The molecule has 0 atom stereocenters. The van der Waals surface area contributed by atoms with Crippen molar-refractivity contribution in [3.05, 3.63) is 35.1 Å². The Hall–Kier alpha value is -1.77. The fourth-order valence-electron chi connectivity index (χ4n) is 2.31. The number of carboxylic acids is 1. The Balaban J connectivity index is 2.31. The lowest BCUT2D eigenvalue weighted by molar-refractivity contribution is 0.0665. The van der Waals surface area contributed by atoms with Gasteiger partial charge in [0.05, 0.1) is 0 Å². The van der Waals surface area contributed by atoms with Gasteiger partial charge in [0.25, 0.3) is 0 Å². The van der Waals surface area contributed by atoms with E-state index in [0.717, 1.165) is 24.6 Å². The second-order valence-corrected chi connectivity index (χ2v) is 3.88. The smallest absolute Gasteiger partial charge is 0.371 e. The Kier molecular flexibility index (Phi) is 1.63. The monoisotopic (exact) mass is 202 g/mol. The molecule has 0 spiro atoms. The first-order valence-electron chi connectivity index (χ1n) is 5.03. The maximum absolute atomic E-state index is 10.8. The molecule has 15 heavy (non-hydrogen) atoms. The maximum atomic E-state index is 10.8. The summed E-state index contributed by atoms with van der Waals surface area (Å²) >= 11 is 0. The molecule has 1 N–H and O–H groups in total. The Labute approximate surface area is 86.3 Å². The van der Waals surface area contributed by atoms with Gasteiger partial charge in [-0.3, -0.25) is 0 Å². The van der Waals surface area contributed by atoms with Crippen LogP contribution in [0.2, 0.25) is 0 Å². The Morgan fingerprint density at radius 1 is 1.33 bits per heavy atom. The van der Waals surface area contributed by atoms with Gasteiger partial charge in [0.2, 0.25) is 5.76 Å². The molecular weight excluding hydrogens is 192 g/mol. The molecule has 76 valence electrons. The number of aromatic carboxylic acids is 1. The van der Waals surface area contributed by atoms with E-state index < -0.39 is 5.97 Å². The van der Waals surface area contributed by atoms with Crippen molar-refractivity contribution in [1.29, 1.82) is 0 Å². The van der Waals surface area contributed by atoms with Gasteiger partial charge in [0, 0.05) is 5.39 Å². The lowest BCUT2D eigenvalue weighted by Crippen LogP contribution is -1.91. The highest BCUT2D eigenvalue weighted by atomic mass is 16.4. The van der Waals surface area contributed by atoms with Crippen LogP contribution in [0.3, 0.4) is 0 Å². The van der Waals surface area contributed by atoms with Gasteiger partial charge < -0.3 is 9.52 Å². The second kappa shape index (κ2) is 2.86. The second-order valence-electron chi connectivity index (χ2n) is 3.88. The van der Waals surface area contributed by atoms with Crippen molar-refractivity contribution >= 4 is 16.9 Å². The number of hydrogen-bond donors (Lipinski definition) is 1. The number of furan rings is 1. The van der Waals surface area contributed by atoms with Gasteiger partial charge in [-0.25, -0.2) is 4.79 Å². The van der Waals surface area contributed by atoms with Crippen LogP contribution >= 0.6 is 0 Å². The summed E-state index contributed by atoms with van der Waals surface area (Å²) in [7, 11) is 0. The number of aryl methyl sites for hydroxylation is 2. The zero-order valence-electron chi connectivity index (χ0n) is 8.12. The molecule has 1 aliphatic carbocycles. The third-order valence-electron chi connectivity index (χ3n) is 2.99. The van der Waals surface area contributed by atoms with Crippen LogP contribution in [0.5, 0.6) is 0 Å². The highest BCUT2D eigenvalue weighted by Gasteiger charge is 2.18. The molecule has 1 aliphatic rings. The minimum atomic E-state index is -1.00. The summed E-state index contributed by atoms with van der Waals surface area (Å²) in [5, 5.41) is 9.82. The molecule has 3 heteroatoms. The molecule has 0 saturated carbocycles. The van der Waals surface area contributed by atoms with Gasteiger partial charge >= 0.3 is 5.97 Å². The molecule has 0 unspecified atom stereocenters. The van der Waals surface area contributed by atoms with E-state index >= 15 is 0 Å². The molecule has 0 fully saturated rings. The number of fused-ring (bicyclic) bond motifs is 3. The van der Waals surface area contributed by atoms with Crippen molar-refractivity contribution in [2.45, 2.75) is 19.3 Å². The van der Waals surface area contributed by atoms with E-state index in [1.54, 1.807) is 6.07 Å². The normalized spacial score (nSPS) is 14.4. The summed E-state index contributed by atoms with van der Waals surface area (Å²) < 4.78 is 5.26. The van der Waals surface area contributed by atoms with Gasteiger partial charge in [-0.15, -0.1) is 0 Å².